The van der Waals surface area contributed by atoms with Crippen molar-refractivity contribution in [2.45, 2.75) is 0 Å². The Hall–Kier alpha value is -3.04. The molecule has 0 amide bonds. The summed E-state index contributed by atoms with van der Waals surface area (Å²) < 4.78 is 0. The maximum Gasteiger partial charge on any atom is 0.137 e. The van der Waals surface area contributed by atoms with Crippen molar-refractivity contribution in [2.75, 3.05) is 0 Å². The standard InChI is InChI=1S/C21H14ClNO2/c22-21-19(14-5-9-18(25)10-6-14)11-16-2-1-15(12-20(16)23-21)13-3-7-17(24)8-4-13/h1-12,24-25H. The molecule has 0 saturated carbocycles. The lowest BCUT2D eigenvalue weighted by Crippen LogP contribution is -1.87. The van der Waals surface area contributed by atoms with Gasteiger partial charge in [-0.05, 0) is 53.1 Å². The lowest BCUT2D eigenvalue weighted by Gasteiger charge is -2.09. The molecule has 0 bridgehead atoms. The highest BCUT2D eigenvalue weighted by Gasteiger charge is 2.09. The topological polar surface area (TPSA) is 53.4 Å². The Labute approximate surface area is 149 Å². The fourth-order valence-electron chi connectivity index (χ4n) is 2.82. The number of aromatic nitrogens is 1. The summed E-state index contributed by atoms with van der Waals surface area (Å²) in [5.74, 6) is 0.455. The number of aromatic hydroxyl groups is 2. The molecule has 0 aliphatic rings. The summed E-state index contributed by atoms with van der Waals surface area (Å²) in [7, 11) is 0. The number of pyridine rings is 1. The van der Waals surface area contributed by atoms with E-state index in [0.717, 1.165) is 33.2 Å². The molecule has 1 heterocycles. The van der Waals surface area contributed by atoms with Crippen molar-refractivity contribution in [3.8, 4) is 33.8 Å². The van der Waals surface area contributed by atoms with Gasteiger partial charge in [0.05, 0.1) is 5.52 Å². The zero-order valence-corrected chi connectivity index (χ0v) is 13.9. The van der Waals surface area contributed by atoms with E-state index in [2.05, 4.69) is 4.98 Å². The second kappa shape index (κ2) is 6.11. The highest BCUT2D eigenvalue weighted by Crippen LogP contribution is 2.32. The van der Waals surface area contributed by atoms with Gasteiger partial charge in [0.25, 0.3) is 0 Å². The molecule has 0 aliphatic heterocycles. The molecule has 122 valence electrons. The molecule has 2 N–H and O–H groups in total. The van der Waals surface area contributed by atoms with Gasteiger partial charge in [0.1, 0.15) is 16.7 Å². The normalized spacial score (nSPS) is 10.9. The van der Waals surface area contributed by atoms with Crippen molar-refractivity contribution in [1.82, 2.24) is 4.98 Å². The molecule has 3 nitrogen and oxygen atoms in total. The minimum atomic E-state index is 0.215. The number of hydrogen-bond acceptors (Lipinski definition) is 3. The third-order valence-electron chi connectivity index (χ3n) is 4.15. The average Bonchev–Trinajstić information content (AvgIpc) is 2.62. The van der Waals surface area contributed by atoms with Gasteiger partial charge in [-0.25, -0.2) is 4.98 Å². The van der Waals surface area contributed by atoms with Crippen molar-refractivity contribution in [1.29, 1.82) is 0 Å². The van der Waals surface area contributed by atoms with E-state index in [0.29, 0.717) is 5.15 Å². The summed E-state index contributed by atoms with van der Waals surface area (Å²) in [4.78, 5) is 4.53. The summed E-state index contributed by atoms with van der Waals surface area (Å²) in [6.07, 6.45) is 0. The smallest absolute Gasteiger partial charge is 0.137 e. The lowest BCUT2D eigenvalue weighted by atomic mass is 10.0. The molecule has 0 saturated heterocycles. The number of halogens is 1. The third kappa shape index (κ3) is 3.02. The average molecular weight is 348 g/mol. The van der Waals surface area contributed by atoms with Gasteiger partial charge in [-0.3, -0.25) is 0 Å². The van der Waals surface area contributed by atoms with E-state index in [1.54, 1.807) is 24.3 Å². The zero-order chi connectivity index (χ0) is 17.4. The minimum absolute atomic E-state index is 0.215. The number of nitrogens with zero attached hydrogens (tertiary/aromatic N) is 1. The summed E-state index contributed by atoms with van der Waals surface area (Å²) in [5, 5.41) is 20.3. The SMILES string of the molecule is Oc1ccc(-c2ccc3cc(-c4ccc(O)cc4)c(Cl)nc3c2)cc1. The van der Waals surface area contributed by atoms with E-state index in [-0.39, 0.29) is 11.5 Å². The van der Waals surface area contributed by atoms with Gasteiger partial charge in [0, 0.05) is 10.9 Å². The Kier molecular flexibility index (Phi) is 3.79. The molecule has 0 atom stereocenters. The number of hydrogen-bond donors (Lipinski definition) is 2. The van der Waals surface area contributed by atoms with Gasteiger partial charge in [0.2, 0.25) is 0 Å². The molecule has 25 heavy (non-hydrogen) atoms. The maximum absolute atomic E-state index is 9.44. The molecule has 0 radical (unpaired) electrons. The van der Waals surface area contributed by atoms with Crippen LogP contribution in [0.4, 0.5) is 0 Å². The maximum atomic E-state index is 9.44. The monoisotopic (exact) mass is 347 g/mol. The summed E-state index contributed by atoms with van der Waals surface area (Å²) in [6.45, 7) is 0. The van der Waals surface area contributed by atoms with Crippen LogP contribution in [0.25, 0.3) is 33.2 Å². The Balaban J connectivity index is 1.81. The molecule has 3 aromatic carbocycles. The zero-order valence-electron chi connectivity index (χ0n) is 13.1. The van der Waals surface area contributed by atoms with Crippen LogP contribution in [0.1, 0.15) is 0 Å². The van der Waals surface area contributed by atoms with E-state index in [1.807, 2.05) is 48.5 Å². The minimum Gasteiger partial charge on any atom is -0.508 e. The number of phenolic OH excluding ortho intramolecular Hbond substituents is 2. The van der Waals surface area contributed by atoms with E-state index >= 15 is 0 Å². The van der Waals surface area contributed by atoms with Crippen LogP contribution in [-0.4, -0.2) is 15.2 Å². The molecule has 4 heteroatoms. The van der Waals surface area contributed by atoms with E-state index in [1.165, 1.54) is 0 Å². The van der Waals surface area contributed by atoms with Gasteiger partial charge in [0.15, 0.2) is 0 Å². The predicted molar refractivity (Wildman–Crippen MR) is 101 cm³/mol. The third-order valence-corrected chi connectivity index (χ3v) is 4.44. The Bertz CT molecular complexity index is 1060. The van der Waals surface area contributed by atoms with Gasteiger partial charge >= 0.3 is 0 Å². The quantitative estimate of drug-likeness (QED) is 0.462. The predicted octanol–water partition coefficient (Wildman–Crippen LogP) is 5.63. The molecule has 1 aromatic heterocycles. The Morgan fingerprint density at radius 2 is 1.20 bits per heavy atom. The second-order valence-electron chi connectivity index (χ2n) is 5.83. The largest absolute Gasteiger partial charge is 0.508 e. The first kappa shape index (κ1) is 15.5. The molecule has 4 rings (SSSR count). The van der Waals surface area contributed by atoms with E-state index in [9.17, 15) is 10.2 Å². The number of benzene rings is 3. The summed E-state index contributed by atoms with van der Waals surface area (Å²) >= 11 is 6.39. The van der Waals surface area contributed by atoms with Crippen LogP contribution in [0, 0.1) is 0 Å². The first-order chi connectivity index (χ1) is 12.1. The molecular formula is C21H14ClNO2. The molecule has 0 spiro atoms. The number of fused-ring (bicyclic) bond motifs is 1. The first-order valence-corrected chi connectivity index (χ1v) is 8.17. The van der Waals surface area contributed by atoms with Crippen LogP contribution in [0.2, 0.25) is 5.15 Å². The van der Waals surface area contributed by atoms with E-state index < -0.39 is 0 Å². The molecule has 0 unspecified atom stereocenters. The molecule has 4 aromatic rings. The van der Waals surface area contributed by atoms with Crippen LogP contribution in [0.15, 0.2) is 72.8 Å². The van der Waals surface area contributed by atoms with Crippen LogP contribution < -0.4 is 0 Å². The van der Waals surface area contributed by atoms with Crippen LogP contribution >= 0.6 is 11.6 Å². The lowest BCUT2D eigenvalue weighted by molar-refractivity contribution is 0.475. The first-order valence-electron chi connectivity index (χ1n) is 7.79. The van der Waals surface area contributed by atoms with Gasteiger partial charge in [-0.1, -0.05) is 48.0 Å². The van der Waals surface area contributed by atoms with E-state index in [4.69, 9.17) is 11.6 Å². The number of phenols is 2. The van der Waals surface area contributed by atoms with Crippen LogP contribution in [0.3, 0.4) is 0 Å². The summed E-state index contributed by atoms with van der Waals surface area (Å²) in [5.41, 5.74) is 4.54. The van der Waals surface area contributed by atoms with Crippen molar-refractivity contribution in [2.24, 2.45) is 0 Å². The van der Waals surface area contributed by atoms with Gasteiger partial charge in [-0.15, -0.1) is 0 Å². The summed E-state index contributed by atoms with van der Waals surface area (Å²) in [6, 6.07) is 21.9. The van der Waals surface area contributed by atoms with Crippen molar-refractivity contribution >= 4 is 22.5 Å². The van der Waals surface area contributed by atoms with Crippen molar-refractivity contribution < 1.29 is 10.2 Å². The molecule has 0 fully saturated rings. The van der Waals surface area contributed by atoms with Crippen LogP contribution in [-0.2, 0) is 0 Å². The highest BCUT2D eigenvalue weighted by atomic mass is 35.5. The van der Waals surface area contributed by atoms with Crippen molar-refractivity contribution in [3.63, 3.8) is 0 Å². The fourth-order valence-corrected chi connectivity index (χ4v) is 3.08. The molecular weight excluding hydrogens is 334 g/mol. The molecule has 0 aliphatic carbocycles. The fraction of sp³-hybridized carbons (Fsp3) is 0. The van der Waals surface area contributed by atoms with Crippen molar-refractivity contribution in [3.05, 3.63) is 77.9 Å². The number of rotatable bonds is 2. The van der Waals surface area contributed by atoms with Crippen LogP contribution in [0.5, 0.6) is 11.5 Å². The second-order valence-corrected chi connectivity index (χ2v) is 6.19. The van der Waals surface area contributed by atoms with Gasteiger partial charge in [-0.2, -0.15) is 0 Å². The highest BCUT2D eigenvalue weighted by molar-refractivity contribution is 6.32. The van der Waals surface area contributed by atoms with Gasteiger partial charge < -0.3 is 10.2 Å². The Morgan fingerprint density at radius 3 is 1.84 bits per heavy atom. The Morgan fingerprint density at radius 1 is 0.640 bits per heavy atom.